The minimum atomic E-state index is -4.43. The zero-order valence-electron chi connectivity index (χ0n) is 9.37. The van der Waals surface area contributed by atoms with Gasteiger partial charge in [-0.15, -0.1) is 0 Å². The third kappa shape index (κ3) is 5.25. The summed E-state index contributed by atoms with van der Waals surface area (Å²) in [5, 5.41) is 0. The van der Waals surface area contributed by atoms with E-state index in [1.807, 2.05) is 4.72 Å². The predicted octanol–water partition coefficient (Wildman–Crippen LogP) is 1.94. The maximum Gasteiger partial charge on any atom is 0.441 e. The highest BCUT2D eigenvalue weighted by Gasteiger charge is 2.28. The van der Waals surface area contributed by atoms with Gasteiger partial charge in [0.05, 0.1) is 0 Å². The third-order valence-electron chi connectivity index (χ3n) is 1.91. The smallest absolute Gasteiger partial charge is 0.399 e. The van der Waals surface area contributed by atoms with Crippen molar-refractivity contribution in [3.63, 3.8) is 0 Å². The van der Waals surface area contributed by atoms with Crippen LogP contribution in [0.4, 0.5) is 23.2 Å². The van der Waals surface area contributed by atoms with E-state index in [2.05, 4.69) is 0 Å². The van der Waals surface area contributed by atoms with Gasteiger partial charge in [-0.3, -0.25) is 0 Å². The van der Waals surface area contributed by atoms with Gasteiger partial charge < -0.3 is 5.73 Å². The Labute approximate surface area is 111 Å². The normalized spacial score (nSPS) is 12.6. The van der Waals surface area contributed by atoms with Crippen LogP contribution >= 0.6 is 11.8 Å². The van der Waals surface area contributed by atoms with Crippen molar-refractivity contribution >= 4 is 27.5 Å². The number of benzene rings is 1. The van der Waals surface area contributed by atoms with E-state index in [-0.39, 0.29) is 17.4 Å². The molecule has 1 rings (SSSR count). The SMILES string of the molecule is Nc1ccc(S(=O)(=O)NCCSC(F)(F)F)c(F)c1. The van der Waals surface area contributed by atoms with Crippen molar-refractivity contribution < 1.29 is 26.0 Å². The lowest BCUT2D eigenvalue weighted by Crippen LogP contribution is -2.27. The first-order chi connectivity index (χ1) is 8.62. The lowest BCUT2D eigenvalue weighted by molar-refractivity contribution is -0.0327. The van der Waals surface area contributed by atoms with Gasteiger partial charge in [-0.25, -0.2) is 17.5 Å². The Kier molecular flexibility index (Phi) is 5.04. The van der Waals surface area contributed by atoms with Crippen molar-refractivity contribution in [2.45, 2.75) is 10.4 Å². The summed E-state index contributed by atoms with van der Waals surface area (Å²) in [7, 11) is -4.19. The molecule has 0 spiro atoms. The number of thioether (sulfide) groups is 1. The number of nitrogens with two attached hydrogens (primary N) is 1. The lowest BCUT2D eigenvalue weighted by atomic mass is 10.3. The topological polar surface area (TPSA) is 72.2 Å². The van der Waals surface area contributed by atoms with Gasteiger partial charge in [0.2, 0.25) is 10.0 Å². The standard InChI is InChI=1S/C9H10F4N2O2S2/c10-7-5-6(14)1-2-8(7)19(16,17)15-3-4-18-9(11,12)13/h1-2,5,15H,3-4,14H2. The van der Waals surface area contributed by atoms with Gasteiger partial charge >= 0.3 is 5.51 Å². The molecule has 0 saturated carbocycles. The van der Waals surface area contributed by atoms with Crippen LogP contribution in [0.25, 0.3) is 0 Å². The van der Waals surface area contributed by atoms with Crippen LogP contribution in [0.2, 0.25) is 0 Å². The van der Waals surface area contributed by atoms with Crippen LogP contribution in [-0.4, -0.2) is 26.2 Å². The largest absolute Gasteiger partial charge is 0.441 e. The van der Waals surface area contributed by atoms with Gasteiger partial charge in [-0.1, -0.05) is 0 Å². The minimum absolute atomic E-state index is 0.0454. The molecule has 3 N–H and O–H groups in total. The maximum atomic E-state index is 13.4. The Hall–Kier alpha value is -1.00. The number of hydrogen-bond acceptors (Lipinski definition) is 4. The molecule has 1 aromatic carbocycles. The first-order valence-corrected chi connectivity index (χ1v) is 7.34. The molecular formula is C9H10F4N2O2S2. The highest BCUT2D eigenvalue weighted by Crippen LogP contribution is 2.29. The summed E-state index contributed by atoms with van der Waals surface area (Å²) in [5.74, 6) is -1.56. The zero-order valence-corrected chi connectivity index (χ0v) is 11.0. The summed E-state index contributed by atoms with van der Waals surface area (Å²) in [5.41, 5.74) is 0.870. The Morgan fingerprint density at radius 1 is 1.32 bits per heavy atom. The Morgan fingerprint density at radius 3 is 2.47 bits per heavy atom. The molecule has 0 unspecified atom stereocenters. The molecule has 4 nitrogen and oxygen atoms in total. The van der Waals surface area contributed by atoms with Gasteiger partial charge in [0.15, 0.2) is 0 Å². The monoisotopic (exact) mass is 318 g/mol. The molecule has 0 aromatic heterocycles. The quantitative estimate of drug-likeness (QED) is 0.494. The van der Waals surface area contributed by atoms with E-state index >= 15 is 0 Å². The summed E-state index contributed by atoms with van der Waals surface area (Å²) in [6, 6.07) is 2.95. The molecule has 0 saturated heterocycles. The Morgan fingerprint density at radius 2 is 1.95 bits per heavy atom. The average Bonchev–Trinajstić information content (AvgIpc) is 2.22. The van der Waals surface area contributed by atoms with Crippen molar-refractivity contribution in [2.75, 3.05) is 18.0 Å². The van der Waals surface area contributed by atoms with Crippen molar-refractivity contribution in [1.29, 1.82) is 0 Å². The summed E-state index contributed by atoms with van der Waals surface area (Å²) in [6.45, 7) is -0.462. The molecule has 0 aliphatic rings. The first kappa shape index (κ1) is 16.1. The molecule has 0 aliphatic carbocycles. The second-order valence-corrected chi connectivity index (χ2v) is 6.28. The van der Waals surface area contributed by atoms with E-state index in [0.29, 0.717) is 0 Å². The van der Waals surface area contributed by atoms with Gasteiger partial charge in [0.25, 0.3) is 0 Å². The van der Waals surface area contributed by atoms with Crippen molar-refractivity contribution in [3.05, 3.63) is 24.0 Å². The van der Waals surface area contributed by atoms with Crippen molar-refractivity contribution in [1.82, 2.24) is 4.72 Å². The molecule has 1 aromatic rings. The Balaban J connectivity index is 2.66. The molecule has 0 heterocycles. The van der Waals surface area contributed by atoms with Crippen molar-refractivity contribution in [3.8, 4) is 0 Å². The number of nitrogen functional groups attached to an aromatic ring is 1. The summed E-state index contributed by atoms with van der Waals surface area (Å²) in [4.78, 5) is -0.654. The zero-order chi connectivity index (χ0) is 14.7. The molecule has 0 bridgehead atoms. The molecule has 0 atom stereocenters. The van der Waals surface area contributed by atoms with Crippen molar-refractivity contribution in [2.24, 2.45) is 0 Å². The first-order valence-electron chi connectivity index (χ1n) is 4.87. The molecule has 19 heavy (non-hydrogen) atoms. The average molecular weight is 318 g/mol. The van der Waals surface area contributed by atoms with Crippen LogP contribution in [0, 0.1) is 5.82 Å². The van der Waals surface area contributed by atoms with Crippen LogP contribution < -0.4 is 10.5 Å². The predicted molar refractivity (Wildman–Crippen MR) is 64.5 cm³/mol. The number of halogens is 4. The van der Waals surface area contributed by atoms with Crippen LogP contribution in [0.5, 0.6) is 0 Å². The molecule has 10 heteroatoms. The number of alkyl halides is 3. The number of nitrogens with one attached hydrogen (secondary N) is 1. The van der Waals surface area contributed by atoms with Gasteiger partial charge in [-0.2, -0.15) is 13.2 Å². The molecule has 0 radical (unpaired) electrons. The number of hydrogen-bond donors (Lipinski definition) is 2. The van der Waals surface area contributed by atoms with Gasteiger partial charge in [0.1, 0.15) is 10.7 Å². The van der Waals surface area contributed by atoms with E-state index in [1.165, 1.54) is 6.07 Å². The number of sulfonamides is 1. The van der Waals surface area contributed by atoms with E-state index < -0.39 is 38.5 Å². The minimum Gasteiger partial charge on any atom is -0.399 e. The maximum absolute atomic E-state index is 13.4. The fraction of sp³-hybridized carbons (Fsp3) is 0.333. The Bertz CT molecular complexity index is 546. The fourth-order valence-corrected chi connectivity index (χ4v) is 2.81. The number of rotatable bonds is 5. The molecule has 108 valence electrons. The molecule has 0 aliphatic heterocycles. The van der Waals surface area contributed by atoms with E-state index in [9.17, 15) is 26.0 Å². The summed E-state index contributed by atoms with van der Waals surface area (Å²) < 4.78 is 73.9. The van der Waals surface area contributed by atoms with Crippen LogP contribution in [0.3, 0.4) is 0 Å². The van der Waals surface area contributed by atoms with Crippen LogP contribution in [0.1, 0.15) is 0 Å². The van der Waals surface area contributed by atoms with E-state index in [0.717, 1.165) is 12.1 Å². The molecular weight excluding hydrogens is 308 g/mol. The molecule has 0 amide bonds. The summed E-state index contributed by atoms with van der Waals surface area (Å²) in [6.07, 6.45) is 0. The fourth-order valence-electron chi connectivity index (χ4n) is 1.16. The van der Waals surface area contributed by atoms with Gasteiger partial charge in [0, 0.05) is 18.0 Å². The van der Waals surface area contributed by atoms with Crippen LogP contribution in [0.15, 0.2) is 23.1 Å². The van der Waals surface area contributed by atoms with Gasteiger partial charge in [-0.05, 0) is 30.0 Å². The van der Waals surface area contributed by atoms with E-state index in [4.69, 9.17) is 5.73 Å². The van der Waals surface area contributed by atoms with Crippen LogP contribution in [-0.2, 0) is 10.0 Å². The highest BCUT2D eigenvalue weighted by molar-refractivity contribution is 8.00. The van der Waals surface area contributed by atoms with E-state index in [1.54, 1.807) is 0 Å². The molecule has 0 fully saturated rings. The second-order valence-electron chi connectivity index (χ2n) is 3.38. The lowest BCUT2D eigenvalue weighted by Gasteiger charge is -2.09. The third-order valence-corrected chi connectivity index (χ3v) is 4.14. The number of anilines is 1. The second kappa shape index (κ2) is 5.97. The summed E-state index contributed by atoms with van der Waals surface area (Å²) >= 11 is -0.365. The highest BCUT2D eigenvalue weighted by atomic mass is 32.2.